The molecular formula is C10H20N2O3S. The monoisotopic (exact) mass is 248 g/mol. The summed E-state index contributed by atoms with van der Waals surface area (Å²) in [6, 6.07) is 0.197. The molecule has 1 saturated heterocycles. The first-order valence-electron chi connectivity index (χ1n) is 5.60. The molecule has 94 valence electrons. The fourth-order valence-corrected chi connectivity index (χ4v) is 2.30. The van der Waals surface area contributed by atoms with Gasteiger partial charge in [-0.25, -0.2) is 8.42 Å². The van der Waals surface area contributed by atoms with Gasteiger partial charge < -0.3 is 10.6 Å². The van der Waals surface area contributed by atoms with Crippen molar-refractivity contribution in [1.29, 1.82) is 0 Å². The standard InChI is InChI=1S/C10H20N2O3S/c1-8-4-3-5-9(12-8)10(13)11-6-7-16(2,14)15/h8-9,12H,3-7H2,1-2H3,(H,11,13). The van der Waals surface area contributed by atoms with Gasteiger partial charge in [0.15, 0.2) is 0 Å². The highest BCUT2D eigenvalue weighted by Crippen LogP contribution is 2.11. The molecule has 0 spiro atoms. The van der Waals surface area contributed by atoms with Gasteiger partial charge >= 0.3 is 0 Å². The molecule has 2 unspecified atom stereocenters. The minimum Gasteiger partial charge on any atom is -0.354 e. The third-order valence-corrected chi connectivity index (χ3v) is 3.65. The quantitative estimate of drug-likeness (QED) is 0.715. The maximum Gasteiger partial charge on any atom is 0.237 e. The zero-order valence-electron chi connectivity index (χ0n) is 9.82. The maximum atomic E-state index is 11.7. The molecule has 1 fully saturated rings. The summed E-state index contributed by atoms with van der Waals surface area (Å²) < 4.78 is 21.7. The lowest BCUT2D eigenvalue weighted by molar-refractivity contribution is -0.123. The van der Waals surface area contributed by atoms with Crippen LogP contribution in [0.1, 0.15) is 26.2 Å². The van der Waals surface area contributed by atoms with Gasteiger partial charge in [0.25, 0.3) is 0 Å². The molecule has 5 nitrogen and oxygen atoms in total. The molecule has 2 atom stereocenters. The van der Waals surface area contributed by atoms with E-state index in [0.29, 0.717) is 6.04 Å². The van der Waals surface area contributed by atoms with Crippen LogP contribution in [0.25, 0.3) is 0 Å². The Morgan fingerprint density at radius 2 is 2.12 bits per heavy atom. The van der Waals surface area contributed by atoms with E-state index < -0.39 is 9.84 Å². The Labute approximate surface area is 96.9 Å². The molecule has 2 N–H and O–H groups in total. The van der Waals surface area contributed by atoms with Gasteiger partial charge in [-0.2, -0.15) is 0 Å². The van der Waals surface area contributed by atoms with Crippen molar-refractivity contribution in [3.05, 3.63) is 0 Å². The van der Waals surface area contributed by atoms with Crippen molar-refractivity contribution in [3.63, 3.8) is 0 Å². The minimum absolute atomic E-state index is 0.00101. The molecule has 6 heteroatoms. The second-order valence-corrected chi connectivity index (χ2v) is 6.73. The SMILES string of the molecule is CC1CCCC(C(=O)NCCS(C)(=O)=O)N1. The Morgan fingerprint density at radius 1 is 1.44 bits per heavy atom. The lowest BCUT2D eigenvalue weighted by atomic mass is 9.99. The van der Waals surface area contributed by atoms with Crippen LogP contribution < -0.4 is 10.6 Å². The Balaban J connectivity index is 2.29. The molecule has 0 radical (unpaired) electrons. The molecule has 0 saturated carbocycles. The van der Waals surface area contributed by atoms with Crippen LogP contribution >= 0.6 is 0 Å². The van der Waals surface area contributed by atoms with Crippen LogP contribution in [0.5, 0.6) is 0 Å². The van der Waals surface area contributed by atoms with Crippen molar-refractivity contribution in [1.82, 2.24) is 10.6 Å². The molecular weight excluding hydrogens is 228 g/mol. The molecule has 0 aromatic heterocycles. The lowest BCUT2D eigenvalue weighted by Crippen LogP contribution is -2.50. The van der Waals surface area contributed by atoms with Crippen molar-refractivity contribution < 1.29 is 13.2 Å². The van der Waals surface area contributed by atoms with E-state index in [4.69, 9.17) is 0 Å². The average molecular weight is 248 g/mol. The first-order valence-corrected chi connectivity index (χ1v) is 7.66. The Morgan fingerprint density at radius 3 is 2.69 bits per heavy atom. The Hall–Kier alpha value is -0.620. The molecule has 16 heavy (non-hydrogen) atoms. The van der Waals surface area contributed by atoms with Crippen molar-refractivity contribution in [2.75, 3.05) is 18.6 Å². The fraction of sp³-hybridized carbons (Fsp3) is 0.900. The van der Waals surface area contributed by atoms with Crippen LogP contribution in [-0.2, 0) is 14.6 Å². The number of piperidine rings is 1. The van der Waals surface area contributed by atoms with Gasteiger partial charge in [0.1, 0.15) is 9.84 Å². The molecule has 1 aliphatic rings. The number of amides is 1. The zero-order valence-corrected chi connectivity index (χ0v) is 10.6. The fourth-order valence-electron chi connectivity index (χ4n) is 1.83. The maximum absolute atomic E-state index is 11.7. The third kappa shape index (κ3) is 4.94. The third-order valence-electron chi connectivity index (χ3n) is 2.70. The molecule has 1 heterocycles. The predicted octanol–water partition coefficient (Wildman–Crippen LogP) is -0.322. The van der Waals surface area contributed by atoms with Crippen LogP contribution in [0.3, 0.4) is 0 Å². The Bertz CT molecular complexity index is 340. The summed E-state index contributed by atoms with van der Waals surface area (Å²) in [6.45, 7) is 2.25. The highest BCUT2D eigenvalue weighted by molar-refractivity contribution is 7.90. The minimum atomic E-state index is -3.00. The summed E-state index contributed by atoms with van der Waals surface area (Å²) in [7, 11) is -3.00. The van der Waals surface area contributed by atoms with Gasteiger partial charge in [0.05, 0.1) is 11.8 Å². The van der Waals surface area contributed by atoms with E-state index in [1.54, 1.807) is 0 Å². The molecule has 0 bridgehead atoms. The summed E-state index contributed by atoms with van der Waals surface area (Å²) in [4.78, 5) is 11.7. The number of nitrogens with one attached hydrogen (secondary N) is 2. The van der Waals surface area contributed by atoms with Crippen molar-refractivity contribution in [3.8, 4) is 0 Å². The number of sulfone groups is 1. The second-order valence-electron chi connectivity index (χ2n) is 4.47. The normalized spacial score (nSPS) is 26.4. The van der Waals surface area contributed by atoms with Gasteiger partial charge in [-0.3, -0.25) is 4.79 Å². The summed E-state index contributed by atoms with van der Waals surface area (Å²) in [5.74, 6) is -0.0868. The first kappa shape index (κ1) is 13.4. The predicted molar refractivity (Wildman–Crippen MR) is 63.0 cm³/mol. The van der Waals surface area contributed by atoms with E-state index in [2.05, 4.69) is 17.6 Å². The summed E-state index contributed by atoms with van der Waals surface area (Å²) in [5, 5.41) is 5.85. The number of hydrogen-bond donors (Lipinski definition) is 2. The average Bonchev–Trinajstić information content (AvgIpc) is 2.15. The van der Waals surface area contributed by atoms with E-state index in [9.17, 15) is 13.2 Å². The number of hydrogen-bond acceptors (Lipinski definition) is 4. The van der Waals surface area contributed by atoms with Gasteiger partial charge in [0.2, 0.25) is 5.91 Å². The van der Waals surface area contributed by atoms with Gasteiger partial charge in [0, 0.05) is 18.8 Å². The van der Waals surface area contributed by atoms with Crippen LogP contribution in [0.4, 0.5) is 0 Å². The smallest absolute Gasteiger partial charge is 0.237 e. The highest BCUT2D eigenvalue weighted by atomic mass is 32.2. The van der Waals surface area contributed by atoms with Crippen molar-refractivity contribution in [2.45, 2.75) is 38.3 Å². The van der Waals surface area contributed by atoms with Crippen LogP contribution in [0.2, 0.25) is 0 Å². The van der Waals surface area contributed by atoms with Crippen molar-refractivity contribution in [2.24, 2.45) is 0 Å². The van der Waals surface area contributed by atoms with Gasteiger partial charge in [-0.15, -0.1) is 0 Å². The number of carbonyl (C=O) groups is 1. The van der Waals surface area contributed by atoms with E-state index in [1.165, 1.54) is 6.26 Å². The van der Waals surface area contributed by atoms with Gasteiger partial charge in [-0.1, -0.05) is 0 Å². The first-order chi connectivity index (χ1) is 7.38. The van der Waals surface area contributed by atoms with E-state index in [-0.39, 0.29) is 24.2 Å². The lowest BCUT2D eigenvalue weighted by Gasteiger charge is -2.27. The molecule has 0 aromatic carbocycles. The highest BCUT2D eigenvalue weighted by Gasteiger charge is 2.23. The second kappa shape index (κ2) is 5.63. The van der Waals surface area contributed by atoms with E-state index in [1.807, 2.05) is 0 Å². The number of rotatable bonds is 4. The van der Waals surface area contributed by atoms with Crippen molar-refractivity contribution >= 4 is 15.7 Å². The van der Waals surface area contributed by atoms with Gasteiger partial charge in [-0.05, 0) is 26.2 Å². The topological polar surface area (TPSA) is 75.3 Å². The summed E-state index contributed by atoms with van der Waals surface area (Å²) >= 11 is 0. The van der Waals surface area contributed by atoms with Crippen LogP contribution in [0.15, 0.2) is 0 Å². The van der Waals surface area contributed by atoms with Crippen LogP contribution in [-0.4, -0.2) is 45.0 Å². The van der Waals surface area contributed by atoms with E-state index in [0.717, 1.165) is 19.3 Å². The molecule has 1 rings (SSSR count). The summed E-state index contributed by atoms with van der Waals surface area (Å²) in [5.41, 5.74) is 0. The largest absolute Gasteiger partial charge is 0.354 e. The zero-order chi connectivity index (χ0) is 12.2. The molecule has 1 amide bonds. The molecule has 0 aromatic rings. The van der Waals surface area contributed by atoms with E-state index >= 15 is 0 Å². The summed E-state index contributed by atoms with van der Waals surface area (Å²) in [6.07, 6.45) is 4.13. The number of carbonyl (C=O) groups excluding carboxylic acids is 1. The Kier molecular flexibility index (Phi) is 4.73. The molecule has 1 aliphatic heterocycles. The van der Waals surface area contributed by atoms with Crippen LogP contribution in [0, 0.1) is 0 Å². The molecule has 0 aliphatic carbocycles.